The van der Waals surface area contributed by atoms with Crippen LogP contribution in [0.3, 0.4) is 0 Å². The molecule has 1 amide bonds. The van der Waals surface area contributed by atoms with Crippen molar-refractivity contribution in [2.75, 3.05) is 39.3 Å². The minimum Gasteiger partial charge on any atom is -0.341 e. The van der Waals surface area contributed by atoms with Gasteiger partial charge in [0.15, 0.2) is 0 Å². The number of carbonyl (C=O) groups excluding carboxylic acids is 1. The third-order valence-electron chi connectivity index (χ3n) is 5.95. The largest absolute Gasteiger partial charge is 0.341 e. The summed E-state index contributed by atoms with van der Waals surface area (Å²) in [5.41, 5.74) is 1.13. The van der Waals surface area contributed by atoms with Crippen LogP contribution in [0.1, 0.15) is 38.2 Å². The van der Waals surface area contributed by atoms with Crippen LogP contribution in [-0.4, -0.2) is 55.0 Å². The van der Waals surface area contributed by atoms with Gasteiger partial charge >= 0.3 is 0 Å². The number of nitrogens with zero attached hydrogens (tertiary/aromatic N) is 2. The number of nitrogens with one attached hydrogen (secondary N) is 1. The molecular weight excluding hydrogens is 329 g/mol. The molecule has 2 saturated heterocycles. The van der Waals surface area contributed by atoms with Crippen LogP contribution in [0.25, 0.3) is 0 Å². The normalized spacial score (nSPS) is 21.4. The fourth-order valence-corrected chi connectivity index (χ4v) is 4.21. The van der Waals surface area contributed by atoms with Gasteiger partial charge in [0.1, 0.15) is 5.82 Å². The zero-order valence-electron chi connectivity index (χ0n) is 15.9. The highest BCUT2D eigenvalue weighted by Gasteiger charge is 2.25. The Balaban J connectivity index is 1.46. The Morgan fingerprint density at radius 1 is 1.15 bits per heavy atom. The molecular formula is C21H32FN3O. The Labute approximate surface area is 156 Å². The maximum Gasteiger partial charge on any atom is 0.222 e. The van der Waals surface area contributed by atoms with E-state index in [1.54, 1.807) is 0 Å². The van der Waals surface area contributed by atoms with E-state index < -0.39 is 0 Å². The molecule has 0 aromatic heterocycles. The van der Waals surface area contributed by atoms with Crippen molar-refractivity contribution >= 4 is 5.91 Å². The lowest BCUT2D eigenvalue weighted by molar-refractivity contribution is -0.132. The third kappa shape index (κ3) is 5.52. The number of amides is 1. The number of carbonyl (C=O) groups is 1. The molecule has 1 aromatic rings. The Morgan fingerprint density at radius 3 is 2.62 bits per heavy atom. The predicted octanol–water partition coefficient (Wildman–Crippen LogP) is 2.89. The summed E-state index contributed by atoms with van der Waals surface area (Å²) in [6.07, 6.45) is 4.08. The van der Waals surface area contributed by atoms with Crippen LogP contribution >= 0.6 is 0 Å². The van der Waals surface area contributed by atoms with Crippen molar-refractivity contribution in [2.24, 2.45) is 11.8 Å². The van der Waals surface area contributed by atoms with Gasteiger partial charge < -0.3 is 10.2 Å². The molecule has 0 saturated carbocycles. The maximum absolute atomic E-state index is 13.0. The van der Waals surface area contributed by atoms with E-state index in [4.69, 9.17) is 0 Å². The second kappa shape index (κ2) is 9.47. The Hall–Kier alpha value is -1.46. The van der Waals surface area contributed by atoms with Crippen molar-refractivity contribution in [3.63, 3.8) is 0 Å². The first-order valence-electron chi connectivity index (χ1n) is 10.1. The predicted molar refractivity (Wildman–Crippen MR) is 102 cm³/mol. The molecule has 5 heteroatoms. The molecule has 1 unspecified atom stereocenters. The van der Waals surface area contributed by atoms with E-state index in [0.717, 1.165) is 57.8 Å². The van der Waals surface area contributed by atoms with E-state index in [0.29, 0.717) is 24.2 Å². The van der Waals surface area contributed by atoms with Gasteiger partial charge in [-0.15, -0.1) is 0 Å². The van der Waals surface area contributed by atoms with E-state index in [1.165, 1.54) is 25.0 Å². The minimum atomic E-state index is -0.191. The van der Waals surface area contributed by atoms with Crippen molar-refractivity contribution in [1.82, 2.24) is 15.1 Å². The van der Waals surface area contributed by atoms with E-state index in [1.807, 2.05) is 12.1 Å². The summed E-state index contributed by atoms with van der Waals surface area (Å²) in [5, 5.41) is 3.40. The molecule has 2 aliphatic rings. The fourth-order valence-electron chi connectivity index (χ4n) is 4.21. The molecule has 4 nitrogen and oxygen atoms in total. The highest BCUT2D eigenvalue weighted by Crippen LogP contribution is 2.25. The molecule has 2 fully saturated rings. The van der Waals surface area contributed by atoms with Crippen LogP contribution in [0.4, 0.5) is 4.39 Å². The van der Waals surface area contributed by atoms with Gasteiger partial charge in [-0.1, -0.05) is 19.1 Å². The van der Waals surface area contributed by atoms with Gasteiger partial charge in [0.25, 0.3) is 0 Å². The topological polar surface area (TPSA) is 35.6 Å². The monoisotopic (exact) mass is 361 g/mol. The number of hydrogen-bond acceptors (Lipinski definition) is 3. The summed E-state index contributed by atoms with van der Waals surface area (Å²) in [5.74, 6) is 1.29. The average Bonchev–Trinajstić information content (AvgIpc) is 2.90. The summed E-state index contributed by atoms with van der Waals surface area (Å²) in [4.78, 5) is 17.2. The van der Waals surface area contributed by atoms with Gasteiger partial charge in [0.05, 0.1) is 0 Å². The highest BCUT2D eigenvalue weighted by molar-refractivity contribution is 5.76. The third-order valence-corrected chi connectivity index (χ3v) is 5.95. The summed E-state index contributed by atoms with van der Waals surface area (Å²) in [7, 11) is 0. The van der Waals surface area contributed by atoms with Gasteiger partial charge in [0.2, 0.25) is 5.91 Å². The highest BCUT2D eigenvalue weighted by atomic mass is 19.1. The Kier molecular flexibility index (Phi) is 7.03. The second-order valence-corrected chi connectivity index (χ2v) is 7.91. The second-order valence-electron chi connectivity index (χ2n) is 7.91. The molecule has 2 heterocycles. The summed E-state index contributed by atoms with van der Waals surface area (Å²) in [6, 6.07) is 6.74. The molecule has 0 aliphatic carbocycles. The summed E-state index contributed by atoms with van der Waals surface area (Å²) < 4.78 is 13.0. The van der Waals surface area contributed by atoms with E-state index in [2.05, 4.69) is 22.0 Å². The number of rotatable bonds is 5. The van der Waals surface area contributed by atoms with Crippen molar-refractivity contribution in [2.45, 2.75) is 39.2 Å². The van der Waals surface area contributed by atoms with Crippen molar-refractivity contribution in [3.05, 3.63) is 35.6 Å². The molecule has 26 heavy (non-hydrogen) atoms. The zero-order chi connectivity index (χ0) is 18.4. The first kappa shape index (κ1) is 19.3. The molecule has 0 spiro atoms. The smallest absolute Gasteiger partial charge is 0.222 e. The first-order valence-corrected chi connectivity index (χ1v) is 10.1. The molecule has 144 valence electrons. The van der Waals surface area contributed by atoms with Crippen LogP contribution in [0.2, 0.25) is 0 Å². The van der Waals surface area contributed by atoms with Crippen LogP contribution < -0.4 is 5.32 Å². The number of hydrogen-bond donors (Lipinski definition) is 1. The van der Waals surface area contributed by atoms with E-state index in [9.17, 15) is 9.18 Å². The van der Waals surface area contributed by atoms with Gasteiger partial charge in [-0.2, -0.15) is 0 Å². The van der Waals surface area contributed by atoms with Crippen LogP contribution in [0, 0.1) is 17.7 Å². The maximum atomic E-state index is 13.0. The lowest BCUT2D eigenvalue weighted by Gasteiger charge is -2.30. The van der Waals surface area contributed by atoms with Crippen molar-refractivity contribution in [1.29, 1.82) is 0 Å². The van der Waals surface area contributed by atoms with Gasteiger partial charge in [-0.05, 0) is 61.9 Å². The van der Waals surface area contributed by atoms with Gasteiger partial charge in [-0.3, -0.25) is 9.69 Å². The SMILES string of the molecule is CC(CC(=O)N1CCCN(Cc2ccc(F)cc2)CC1)C1CCNCC1. The fraction of sp³-hybridized carbons (Fsp3) is 0.667. The van der Waals surface area contributed by atoms with Crippen molar-refractivity contribution < 1.29 is 9.18 Å². The lowest BCUT2D eigenvalue weighted by atomic mass is 9.84. The quantitative estimate of drug-likeness (QED) is 0.876. The average molecular weight is 362 g/mol. The van der Waals surface area contributed by atoms with Crippen LogP contribution in [-0.2, 0) is 11.3 Å². The zero-order valence-corrected chi connectivity index (χ0v) is 15.9. The van der Waals surface area contributed by atoms with Crippen molar-refractivity contribution in [3.8, 4) is 0 Å². The van der Waals surface area contributed by atoms with E-state index >= 15 is 0 Å². The summed E-state index contributed by atoms with van der Waals surface area (Å²) in [6.45, 7) is 8.80. The molecule has 0 radical (unpaired) electrons. The number of benzene rings is 1. The standard InChI is InChI=1S/C21H32FN3O/c1-17(19-7-9-23-10-8-19)15-21(26)25-12-2-11-24(13-14-25)16-18-3-5-20(22)6-4-18/h3-6,17,19,23H,2,7-16H2,1H3. The molecule has 2 aliphatic heterocycles. The Bertz CT molecular complexity index is 571. The Morgan fingerprint density at radius 2 is 1.88 bits per heavy atom. The van der Waals surface area contributed by atoms with Gasteiger partial charge in [-0.25, -0.2) is 4.39 Å². The molecule has 1 aromatic carbocycles. The molecule has 1 N–H and O–H groups in total. The van der Waals surface area contributed by atoms with Crippen LogP contribution in [0.5, 0.6) is 0 Å². The molecule has 3 rings (SSSR count). The lowest BCUT2D eigenvalue weighted by Crippen LogP contribution is -2.37. The number of halogens is 1. The summed E-state index contributed by atoms with van der Waals surface area (Å²) >= 11 is 0. The first-order chi connectivity index (χ1) is 12.6. The number of piperidine rings is 1. The van der Waals surface area contributed by atoms with Gasteiger partial charge in [0, 0.05) is 39.1 Å². The van der Waals surface area contributed by atoms with Crippen LogP contribution in [0.15, 0.2) is 24.3 Å². The minimum absolute atomic E-state index is 0.191. The molecule has 1 atom stereocenters. The van der Waals surface area contributed by atoms with E-state index in [-0.39, 0.29) is 5.82 Å². The molecule has 0 bridgehead atoms.